The number of fused-ring (bicyclic) bond motifs is 1. The summed E-state index contributed by atoms with van der Waals surface area (Å²) in [5.74, 6) is 1.41. The van der Waals surface area contributed by atoms with Gasteiger partial charge in [0, 0.05) is 5.56 Å². The first kappa shape index (κ1) is 30.4. The Balaban J connectivity index is 1.29. The third-order valence-electron chi connectivity index (χ3n) is 7.74. The number of amides is 1. The van der Waals surface area contributed by atoms with Crippen LogP contribution in [0.5, 0.6) is 11.5 Å². The normalized spacial score (nSPS) is 12.1. The molecule has 232 valence electrons. The maximum absolute atomic E-state index is 12.8. The van der Waals surface area contributed by atoms with Gasteiger partial charge < -0.3 is 29.2 Å². The van der Waals surface area contributed by atoms with Gasteiger partial charge in [-0.3, -0.25) is 4.79 Å². The van der Waals surface area contributed by atoms with Gasteiger partial charge in [0.2, 0.25) is 0 Å². The lowest BCUT2D eigenvalue weighted by Crippen LogP contribution is -2.36. The molecule has 0 aliphatic carbocycles. The van der Waals surface area contributed by atoms with Crippen LogP contribution in [0.4, 0.5) is 5.82 Å². The Morgan fingerprint density at radius 1 is 0.783 bits per heavy atom. The molecule has 6 aromatic rings. The summed E-state index contributed by atoms with van der Waals surface area (Å²) >= 11 is 0. The van der Waals surface area contributed by atoms with Crippen molar-refractivity contribution in [1.29, 1.82) is 0 Å². The third-order valence-corrected chi connectivity index (χ3v) is 7.74. The second-order valence-electron chi connectivity index (χ2n) is 10.6. The second kappa shape index (κ2) is 13.6. The zero-order chi connectivity index (χ0) is 31.9. The number of aromatic nitrogens is 4. The number of nitrogens with zero attached hydrogens (tertiary/aromatic N) is 4. The second-order valence-corrected chi connectivity index (χ2v) is 10.6. The molecular formula is C36H33N5O5. The highest BCUT2D eigenvalue weighted by Crippen LogP contribution is 2.41. The van der Waals surface area contributed by atoms with Crippen LogP contribution in [-0.2, 0) is 16.9 Å². The average Bonchev–Trinajstić information content (AvgIpc) is 3.53. The van der Waals surface area contributed by atoms with E-state index in [0.717, 1.165) is 16.7 Å². The van der Waals surface area contributed by atoms with Crippen LogP contribution in [0.15, 0.2) is 122 Å². The number of hydrogen-bond donors (Lipinski definition) is 2. The third kappa shape index (κ3) is 6.16. The minimum atomic E-state index is -1.07. The van der Waals surface area contributed by atoms with Gasteiger partial charge in [-0.2, -0.15) is 0 Å². The van der Waals surface area contributed by atoms with E-state index in [1.165, 1.54) is 6.33 Å². The first-order chi connectivity index (χ1) is 22.5. The Hall–Kier alpha value is -5.58. The monoisotopic (exact) mass is 615 g/mol. The Morgan fingerprint density at radius 3 is 1.93 bits per heavy atom. The molecule has 2 aromatic heterocycles. The van der Waals surface area contributed by atoms with Gasteiger partial charge in [0.05, 0.1) is 39.8 Å². The number of nitrogens with one attached hydrogen (secondary N) is 1. The number of aliphatic hydroxyl groups excluding tert-OH is 1. The molecule has 0 bridgehead atoms. The Labute approximate surface area is 266 Å². The van der Waals surface area contributed by atoms with Gasteiger partial charge in [-0.05, 0) is 53.1 Å². The van der Waals surface area contributed by atoms with Crippen molar-refractivity contribution in [3.63, 3.8) is 0 Å². The first-order valence-corrected chi connectivity index (χ1v) is 14.7. The van der Waals surface area contributed by atoms with Gasteiger partial charge in [-0.1, -0.05) is 72.8 Å². The topological polar surface area (TPSA) is 121 Å². The number of aliphatic hydroxyl groups is 1. The van der Waals surface area contributed by atoms with Crippen molar-refractivity contribution >= 4 is 22.9 Å². The van der Waals surface area contributed by atoms with Gasteiger partial charge in [0.15, 0.2) is 17.0 Å². The minimum Gasteiger partial charge on any atom is -0.497 e. The fraction of sp³-hybridized carbons (Fsp3) is 0.167. The van der Waals surface area contributed by atoms with Crippen LogP contribution in [0.2, 0.25) is 0 Å². The summed E-state index contributed by atoms with van der Waals surface area (Å²) in [6.07, 6.45) is 1.98. The quantitative estimate of drug-likeness (QED) is 0.174. The van der Waals surface area contributed by atoms with E-state index in [4.69, 9.17) is 14.2 Å². The maximum Gasteiger partial charge on any atom is 0.256 e. The zero-order valence-corrected chi connectivity index (χ0v) is 25.4. The Morgan fingerprint density at radius 2 is 1.35 bits per heavy atom. The number of ether oxygens (including phenoxy) is 3. The highest BCUT2D eigenvalue weighted by Gasteiger charge is 2.38. The van der Waals surface area contributed by atoms with E-state index in [2.05, 4.69) is 20.3 Å². The lowest BCUT2D eigenvalue weighted by molar-refractivity contribution is -0.0421. The van der Waals surface area contributed by atoms with E-state index >= 15 is 0 Å². The van der Waals surface area contributed by atoms with Crippen LogP contribution < -0.4 is 14.8 Å². The van der Waals surface area contributed by atoms with Crippen molar-refractivity contribution in [2.75, 3.05) is 26.1 Å². The molecule has 0 radical (unpaired) electrons. The molecule has 0 aliphatic heterocycles. The van der Waals surface area contributed by atoms with Crippen molar-refractivity contribution in [2.45, 2.75) is 18.2 Å². The van der Waals surface area contributed by atoms with Crippen LogP contribution in [0.25, 0.3) is 11.2 Å². The molecule has 46 heavy (non-hydrogen) atoms. The van der Waals surface area contributed by atoms with Crippen LogP contribution in [0.3, 0.4) is 0 Å². The van der Waals surface area contributed by atoms with Crippen LogP contribution in [0, 0.1) is 0 Å². The number of anilines is 1. The molecule has 10 nitrogen and oxygen atoms in total. The molecule has 0 spiro atoms. The first-order valence-electron chi connectivity index (χ1n) is 14.7. The molecule has 0 fully saturated rings. The molecule has 1 unspecified atom stereocenters. The Kier molecular flexibility index (Phi) is 9.00. The summed E-state index contributed by atoms with van der Waals surface area (Å²) in [6, 6.07) is 34.2. The van der Waals surface area contributed by atoms with E-state index < -0.39 is 11.7 Å². The number of hydrogen-bond acceptors (Lipinski definition) is 8. The van der Waals surface area contributed by atoms with E-state index in [9.17, 15) is 9.90 Å². The average molecular weight is 616 g/mol. The predicted molar refractivity (Wildman–Crippen MR) is 174 cm³/mol. The summed E-state index contributed by atoms with van der Waals surface area (Å²) in [6.45, 7) is 0.102. The smallest absolute Gasteiger partial charge is 0.256 e. The summed E-state index contributed by atoms with van der Waals surface area (Å²) in [5, 5.41) is 14.2. The standard InChI is InChI=1S/C36H33N5O5/c1-44-30-17-13-27(14-18-30)36(26-11-7-4-8-12-26,28-15-19-31(45-2)20-16-28)46-22-29(42)21-41-24-39-32-33(37-23-38-34(32)41)40-35(43)25-9-5-3-6-10-25/h3-20,23-24,29,42H,21-22H2,1-2H3,(H,37,38,40,43). The van der Waals surface area contributed by atoms with Crippen LogP contribution >= 0.6 is 0 Å². The number of carbonyl (C=O) groups is 1. The van der Waals surface area contributed by atoms with Crippen LogP contribution in [0.1, 0.15) is 27.0 Å². The highest BCUT2D eigenvalue weighted by atomic mass is 16.5. The lowest BCUT2D eigenvalue weighted by atomic mass is 9.80. The number of imidazole rings is 1. The van der Waals surface area contributed by atoms with Crippen LogP contribution in [-0.4, -0.2) is 57.5 Å². The van der Waals surface area contributed by atoms with Crippen molar-refractivity contribution in [1.82, 2.24) is 19.5 Å². The number of rotatable bonds is 12. The molecule has 0 aliphatic rings. The molecule has 2 N–H and O–H groups in total. The zero-order valence-electron chi connectivity index (χ0n) is 25.4. The lowest BCUT2D eigenvalue weighted by Gasteiger charge is -2.36. The van der Waals surface area contributed by atoms with Gasteiger partial charge in [-0.15, -0.1) is 0 Å². The number of carbonyl (C=O) groups excluding carboxylic acids is 1. The fourth-order valence-electron chi connectivity index (χ4n) is 5.45. The van der Waals surface area contributed by atoms with Crippen molar-refractivity contribution < 1.29 is 24.1 Å². The van der Waals surface area contributed by atoms with Gasteiger partial charge in [-0.25, -0.2) is 15.0 Å². The van der Waals surface area contributed by atoms with Gasteiger partial charge in [0.1, 0.15) is 23.4 Å². The van der Waals surface area contributed by atoms with Gasteiger partial charge in [0.25, 0.3) is 5.91 Å². The summed E-state index contributed by atoms with van der Waals surface area (Å²) < 4.78 is 19.4. The summed E-state index contributed by atoms with van der Waals surface area (Å²) in [7, 11) is 3.25. The van der Waals surface area contributed by atoms with Crippen molar-refractivity contribution in [2.24, 2.45) is 0 Å². The highest BCUT2D eigenvalue weighted by molar-refractivity contribution is 6.06. The maximum atomic E-state index is 12.8. The van der Waals surface area contributed by atoms with E-state index in [0.29, 0.717) is 28.2 Å². The molecule has 1 atom stereocenters. The summed E-state index contributed by atoms with van der Waals surface area (Å²) in [4.78, 5) is 25.8. The Bertz CT molecular complexity index is 1850. The molecule has 10 heteroatoms. The molecule has 6 rings (SSSR count). The molecule has 0 saturated heterocycles. The predicted octanol–water partition coefficient (Wildman–Crippen LogP) is 5.47. The minimum absolute atomic E-state index is 0.0324. The molecule has 2 heterocycles. The van der Waals surface area contributed by atoms with Gasteiger partial charge >= 0.3 is 0 Å². The summed E-state index contributed by atoms with van der Waals surface area (Å²) in [5.41, 5.74) is 2.91. The fourth-order valence-corrected chi connectivity index (χ4v) is 5.45. The number of methoxy groups -OCH3 is 2. The largest absolute Gasteiger partial charge is 0.497 e. The molecule has 4 aromatic carbocycles. The molecule has 1 amide bonds. The molecule has 0 saturated carbocycles. The van der Waals surface area contributed by atoms with E-state index in [1.807, 2.05) is 84.9 Å². The molecular weight excluding hydrogens is 582 g/mol. The number of benzene rings is 4. The van der Waals surface area contributed by atoms with Crippen molar-refractivity contribution in [3.8, 4) is 11.5 Å². The SMILES string of the molecule is COc1ccc(C(OCC(O)Cn2cnc3c(NC(=O)c4ccccc4)ncnc32)(c2ccccc2)c2ccc(OC)cc2)cc1. The van der Waals surface area contributed by atoms with E-state index in [-0.39, 0.29) is 24.9 Å². The van der Waals surface area contributed by atoms with E-state index in [1.54, 1.807) is 49.4 Å². The van der Waals surface area contributed by atoms with Crippen molar-refractivity contribution in [3.05, 3.63) is 144 Å².